The van der Waals surface area contributed by atoms with Crippen LogP contribution in [0.25, 0.3) is 0 Å². The molecule has 0 saturated heterocycles. The van der Waals surface area contributed by atoms with Gasteiger partial charge in [-0.1, -0.05) is 0 Å². The van der Waals surface area contributed by atoms with Gasteiger partial charge in [0.15, 0.2) is 0 Å². The van der Waals surface area contributed by atoms with Crippen molar-refractivity contribution < 1.29 is 0 Å². The smallest absolute Gasteiger partial charge is 0.0847 e. The van der Waals surface area contributed by atoms with Crippen LogP contribution in [0.15, 0.2) is 21.5 Å². The van der Waals surface area contributed by atoms with E-state index >= 15 is 0 Å². The molecule has 3 heteroatoms. The van der Waals surface area contributed by atoms with Crippen molar-refractivity contribution in [3.05, 3.63) is 11.3 Å². The Balaban J connectivity index is 2.22. The average Bonchev–Trinajstić information content (AvgIpc) is 2.22. The van der Waals surface area contributed by atoms with E-state index in [1.807, 2.05) is 0 Å². The summed E-state index contributed by atoms with van der Waals surface area (Å²) in [5.74, 6) is 0. The number of hydrogen-bond donors (Lipinski definition) is 0. The van der Waals surface area contributed by atoms with E-state index in [-0.39, 0.29) is 0 Å². The van der Waals surface area contributed by atoms with Crippen LogP contribution in [0, 0.1) is 0 Å². The molecule has 0 aromatic heterocycles. The maximum absolute atomic E-state index is 4.01. The van der Waals surface area contributed by atoms with Crippen molar-refractivity contribution in [3.63, 3.8) is 0 Å². The molecule has 48 valence electrons. The zero-order valence-electron chi connectivity index (χ0n) is 5.46. The van der Waals surface area contributed by atoms with Crippen LogP contribution in [0.2, 0.25) is 0 Å². The number of likely N-dealkylation sites (N-methyl/N-ethyl adjacent to an activating group) is 1. The third kappa shape index (κ3) is 0.685. The predicted octanol–water partition coefficient (Wildman–Crippen LogP) is 0.652. The molecule has 9 heavy (non-hydrogen) atoms. The summed E-state index contributed by atoms with van der Waals surface area (Å²) in [5.41, 5.74) is 2.62. The van der Waals surface area contributed by atoms with Crippen molar-refractivity contribution in [2.75, 3.05) is 26.7 Å². The van der Waals surface area contributed by atoms with Gasteiger partial charge in [0.25, 0.3) is 0 Å². The monoisotopic (exact) mass is 123 g/mol. The molecule has 2 heterocycles. The first kappa shape index (κ1) is 5.11. The fourth-order valence-electron chi connectivity index (χ4n) is 1.29. The fraction of sp³-hybridized carbons (Fsp3) is 0.667. The highest BCUT2D eigenvalue weighted by atomic mass is 15.2. The fourth-order valence-corrected chi connectivity index (χ4v) is 1.29. The van der Waals surface area contributed by atoms with Crippen molar-refractivity contribution in [2.24, 2.45) is 10.2 Å². The van der Waals surface area contributed by atoms with Crippen molar-refractivity contribution in [1.82, 2.24) is 4.90 Å². The lowest BCUT2D eigenvalue weighted by Gasteiger charge is -2.05. The van der Waals surface area contributed by atoms with E-state index < -0.39 is 0 Å². The highest BCUT2D eigenvalue weighted by molar-refractivity contribution is 5.25. The Labute approximate surface area is 54.1 Å². The van der Waals surface area contributed by atoms with Gasteiger partial charge < -0.3 is 0 Å². The first-order valence-corrected chi connectivity index (χ1v) is 3.13. The van der Waals surface area contributed by atoms with Gasteiger partial charge in [-0.2, -0.15) is 10.2 Å². The molecule has 0 amide bonds. The van der Waals surface area contributed by atoms with E-state index in [0.29, 0.717) is 0 Å². The van der Waals surface area contributed by atoms with Crippen LogP contribution in [0.1, 0.15) is 0 Å². The van der Waals surface area contributed by atoms with Crippen LogP contribution >= 0.6 is 0 Å². The van der Waals surface area contributed by atoms with Crippen molar-refractivity contribution in [2.45, 2.75) is 0 Å². The molecule has 0 saturated carbocycles. The van der Waals surface area contributed by atoms with Gasteiger partial charge in [0.1, 0.15) is 0 Å². The summed E-state index contributed by atoms with van der Waals surface area (Å²) in [4.78, 5) is 2.25. The van der Waals surface area contributed by atoms with Gasteiger partial charge in [-0.15, -0.1) is 0 Å². The molecule has 0 radical (unpaired) electrons. The van der Waals surface area contributed by atoms with E-state index in [9.17, 15) is 0 Å². The van der Waals surface area contributed by atoms with Gasteiger partial charge in [-0.25, -0.2) is 0 Å². The maximum atomic E-state index is 4.01. The van der Waals surface area contributed by atoms with Crippen LogP contribution < -0.4 is 0 Å². The summed E-state index contributed by atoms with van der Waals surface area (Å²) in [7, 11) is 2.10. The second-order valence-electron chi connectivity index (χ2n) is 2.62. The van der Waals surface area contributed by atoms with Crippen LogP contribution in [0.5, 0.6) is 0 Å². The van der Waals surface area contributed by atoms with Crippen molar-refractivity contribution in [3.8, 4) is 0 Å². The number of nitrogens with zero attached hydrogens (tertiary/aromatic N) is 3. The molecular formula is C6H9N3. The van der Waals surface area contributed by atoms with E-state index in [0.717, 1.165) is 19.6 Å². The zero-order valence-corrected chi connectivity index (χ0v) is 5.46. The number of rotatable bonds is 0. The highest BCUT2D eigenvalue weighted by Crippen LogP contribution is 2.22. The minimum absolute atomic E-state index is 0.847. The lowest BCUT2D eigenvalue weighted by Crippen LogP contribution is -2.15. The summed E-state index contributed by atoms with van der Waals surface area (Å²) < 4.78 is 0. The van der Waals surface area contributed by atoms with Gasteiger partial charge in [-0.3, -0.25) is 4.90 Å². The lowest BCUT2D eigenvalue weighted by molar-refractivity contribution is 0.419. The van der Waals surface area contributed by atoms with E-state index in [4.69, 9.17) is 0 Å². The highest BCUT2D eigenvalue weighted by Gasteiger charge is 2.21. The van der Waals surface area contributed by atoms with Crippen LogP contribution in [0.3, 0.4) is 0 Å². The van der Waals surface area contributed by atoms with E-state index in [2.05, 4.69) is 22.2 Å². The third-order valence-corrected chi connectivity index (χ3v) is 1.74. The Morgan fingerprint density at radius 1 is 1.44 bits per heavy atom. The SMILES string of the molecule is CN1CC2=C(C1)N=NC2. The number of azo groups is 1. The first-order chi connectivity index (χ1) is 4.36. The lowest BCUT2D eigenvalue weighted by atomic mass is 10.3. The van der Waals surface area contributed by atoms with E-state index in [1.54, 1.807) is 0 Å². The van der Waals surface area contributed by atoms with Crippen LogP contribution in [-0.4, -0.2) is 31.6 Å². The Morgan fingerprint density at radius 3 is 3.11 bits per heavy atom. The van der Waals surface area contributed by atoms with Crippen LogP contribution in [0.4, 0.5) is 0 Å². The molecule has 0 atom stereocenters. The summed E-state index contributed by atoms with van der Waals surface area (Å²) in [6.07, 6.45) is 0. The minimum Gasteiger partial charge on any atom is -0.296 e. The Kier molecular flexibility index (Phi) is 0.931. The molecule has 0 bridgehead atoms. The molecule has 2 rings (SSSR count). The standard InChI is InChI=1S/C6H9N3/c1-9-3-5-2-7-8-6(5)4-9/h2-4H2,1H3. The summed E-state index contributed by atoms with van der Waals surface area (Å²) in [6, 6.07) is 0. The van der Waals surface area contributed by atoms with Crippen molar-refractivity contribution >= 4 is 0 Å². The van der Waals surface area contributed by atoms with Gasteiger partial charge >= 0.3 is 0 Å². The molecule has 3 nitrogen and oxygen atoms in total. The molecule has 0 aliphatic carbocycles. The molecule has 0 fully saturated rings. The van der Waals surface area contributed by atoms with Gasteiger partial charge in [0.05, 0.1) is 12.2 Å². The normalized spacial score (nSPS) is 25.9. The van der Waals surface area contributed by atoms with Gasteiger partial charge in [0.2, 0.25) is 0 Å². The van der Waals surface area contributed by atoms with Gasteiger partial charge in [-0.05, 0) is 12.6 Å². The summed E-state index contributed by atoms with van der Waals surface area (Å²) in [5, 5.41) is 7.94. The summed E-state index contributed by atoms with van der Waals surface area (Å²) >= 11 is 0. The quantitative estimate of drug-likeness (QED) is 0.465. The van der Waals surface area contributed by atoms with E-state index in [1.165, 1.54) is 11.3 Å². The molecule has 0 spiro atoms. The molecule has 0 unspecified atom stereocenters. The summed E-state index contributed by atoms with van der Waals surface area (Å²) in [6.45, 7) is 2.92. The Morgan fingerprint density at radius 2 is 2.33 bits per heavy atom. The molecule has 2 aliphatic heterocycles. The zero-order chi connectivity index (χ0) is 6.27. The minimum atomic E-state index is 0.847. The average molecular weight is 123 g/mol. The molecular weight excluding hydrogens is 114 g/mol. The molecule has 2 aliphatic rings. The second-order valence-corrected chi connectivity index (χ2v) is 2.62. The van der Waals surface area contributed by atoms with Crippen LogP contribution in [-0.2, 0) is 0 Å². The molecule has 0 N–H and O–H groups in total. The molecule has 0 aromatic rings. The number of hydrogen-bond acceptors (Lipinski definition) is 3. The third-order valence-electron chi connectivity index (χ3n) is 1.74. The maximum Gasteiger partial charge on any atom is 0.0847 e. The van der Waals surface area contributed by atoms with Crippen molar-refractivity contribution in [1.29, 1.82) is 0 Å². The molecule has 0 aromatic carbocycles. The predicted molar refractivity (Wildman–Crippen MR) is 34.2 cm³/mol. The first-order valence-electron chi connectivity index (χ1n) is 3.13. The Bertz CT molecular complexity index is 192. The topological polar surface area (TPSA) is 28.0 Å². The van der Waals surface area contributed by atoms with Gasteiger partial charge in [0, 0.05) is 13.1 Å². The second kappa shape index (κ2) is 1.64. The largest absolute Gasteiger partial charge is 0.296 e. The Hall–Kier alpha value is -0.700.